The fraction of sp³-hybridized carbons (Fsp3) is 0. The van der Waals surface area contributed by atoms with Crippen LogP contribution in [0.2, 0.25) is 0 Å². The molecular weight excluding hydrogens is 208 g/mol. The maximum Gasteiger partial charge on any atom is 0.252 e. The maximum atomic E-state index is 11.1. The highest BCUT2D eigenvalue weighted by Crippen LogP contribution is 2.13. The molecular formula is C9H8N6O. The summed E-state index contributed by atoms with van der Waals surface area (Å²) >= 11 is 0. The number of carbonyl (C=O) groups is 1. The van der Waals surface area contributed by atoms with Gasteiger partial charge in [0.15, 0.2) is 0 Å². The van der Waals surface area contributed by atoms with E-state index in [1.54, 1.807) is 12.1 Å². The number of nitrogens with two attached hydrogens (primary N) is 1. The van der Waals surface area contributed by atoms with Gasteiger partial charge in [-0.05, 0) is 12.1 Å². The SMILES string of the molecule is NC(=O)c1cccnc1Nc1ncncn1. The largest absolute Gasteiger partial charge is 0.365 e. The summed E-state index contributed by atoms with van der Waals surface area (Å²) in [6.45, 7) is 0. The average Bonchev–Trinajstić information content (AvgIpc) is 2.31. The Hall–Kier alpha value is -2.57. The summed E-state index contributed by atoms with van der Waals surface area (Å²) in [6, 6.07) is 3.19. The molecule has 0 saturated carbocycles. The zero-order valence-corrected chi connectivity index (χ0v) is 8.16. The van der Waals surface area contributed by atoms with E-state index in [9.17, 15) is 4.79 Å². The van der Waals surface area contributed by atoms with Crippen LogP contribution in [0.3, 0.4) is 0 Å². The van der Waals surface area contributed by atoms with Crippen LogP contribution < -0.4 is 11.1 Å². The van der Waals surface area contributed by atoms with Crippen molar-refractivity contribution in [3.8, 4) is 0 Å². The lowest BCUT2D eigenvalue weighted by molar-refractivity contribution is 0.100. The second-order valence-electron chi connectivity index (χ2n) is 2.85. The van der Waals surface area contributed by atoms with Gasteiger partial charge in [0.1, 0.15) is 18.5 Å². The van der Waals surface area contributed by atoms with Crippen LogP contribution in [0.1, 0.15) is 10.4 Å². The van der Waals surface area contributed by atoms with Crippen LogP contribution >= 0.6 is 0 Å². The third kappa shape index (κ3) is 2.08. The molecule has 80 valence electrons. The summed E-state index contributed by atoms with van der Waals surface area (Å²) in [5, 5.41) is 2.78. The quantitative estimate of drug-likeness (QED) is 0.754. The molecule has 0 aliphatic rings. The van der Waals surface area contributed by atoms with Crippen LogP contribution in [-0.4, -0.2) is 25.8 Å². The van der Waals surface area contributed by atoms with E-state index in [-0.39, 0.29) is 5.56 Å². The lowest BCUT2D eigenvalue weighted by Gasteiger charge is -2.05. The summed E-state index contributed by atoms with van der Waals surface area (Å²) in [5.74, 6) is 0.0575. The minimum Gasteiger partial charge on any atom is -0.365 e. The highest BCUT2D eigenvalue weighted by Gasteiger charge is 2.09. The molecule has 0 aliphatic carbocycles. The molecule has 16 heavy (non-hydrogen) atoms. The van der Waals surface area contributed by atoms with E-state index in [2.05, 4.69) is 25.3 Å². The van der Waals surface area contributed by atoms with Gasteiger partial charge >= 0.3 is 0 Å². The third-order valence-corrected chi connectivity index (χ3v) is 1.80. The van der Waals surface area contributed by atoms with Crippen molar-refractivity contribution in [1.82, 2.24) is 19.9 Å². The Morgan fingerprint density at radius 1 is 1.25 bits per heavy atom. The molecule has 0 unspecified atom stereocenters. The topological polar surface area (TPSA) is 107 Å². The number of aromatic nitrogens is 4. The van der Waals surface area contributed by atoms with Gasteiger partial charge in [0, 0.05) is 6.20 Å². The zero-order chi connectivity index (χ0) is 11.4. The van der Waals surface area contributed by atoms with Crippen molar-refractivity contribution < 1.29 is 4.79 Å². The van der Waals surface area contributed by atoms with Crippen molar-refractivity contribution in [2.24, 2.45) is 5.73 Å². The summed E-state index contributed by atoms with van der Waals surface area (Å²) in [5.41, 5.74) is 5.48. The molecule has 0 spiro atoms. The van der Waals surface area contributed by atoms with Crippen molar-refractivity contribution in [3.63, 3.8) is 0 Å². The Morgan fingerprint density at radius 3 is 2.69 bits per heavy atom. The van der Waals surface area contributed by atoms with E-state index >= 15 is 0 Å². The van der Waals surface area contributed by atoms with E-state index in [1.807, 2.05) is 0 Å². The van der Waals surface area contributed by atoms with Crippen molar-refractivity contribution >= 4 is 17.7 Å². The molecule has 2 aromatic rings. The molecule has 2 aromatic heterocycles. The Labute approximate surface area is 90.8 Å². The number of nitrogens with one attached hydrogen (secondary N) is 1. The predicted octanol–water partition coefficient (Wildman–Crippen LogP) is 0.109. The second-order valence-corrected chi connectivity index (χ2v) is 2.85. The molecule has 2 heterocycles. The molecule has 0 aromatic carbocycles. The molecule has 7 heteroatoms. The third-order valence-electron chi connectivity index (χ3n) is 1.80. The molecule has 0 saturated heterocycles. The minimum absolute atomic E-state index is 0.280. The van der Waals surface area contributed by atoms with Crippen molar-refractivity contribution in [2.45, 2.75) is 0 Å². The molecule has 0 radical (unpaired) electrons. The van der Waals surface area contributed by atoms with E-state index < -0.39 is 5.91 Å². The van der Waals surface area contributed by atoms with Gasteiger partial charge < -0.3 is 11.1 Å². The number of rotatable bonds is 3. The molecule has 0 fully saturated rings. The van der Waals surface area contributed by atoms with Gasteiger partial charge in [-0.15, -0.1) is 0 Å². The number of nitrogens with zero attached hydrogens (tertiary/aromatic N) is 4. The van der Waals surface area contributed by atoms with E-state index in [4.69, 9.17) is 5.73 Å². The van der Waals surface area contributed by atoms with Gasteiger partial charge in [0.05, 0.1) is 5.56 Å². The van der Waals surface area contributed by atoms with Crippen LogP contribution in [0.5, 0.6) is 0 Å². The van der Waals surface area contributed by atoms with Crippen LogP contribution in [0, 0.1) is 0 Å². The molecule has 0 aliphatic heterocycles. The zero-order valence-electron chi connectivity index (χ0n) is 8.16. The van der Waals surface area contributed by atoms with E-state index in [1.165, 1.54) is 18.9 Å². The van der Waals surface area contributed by atoms with Crippen molar-refractivity contribution in [3.05, 3.63) is 36.5 Å². The highest BCUT2D eigenvalue weighted by molar-refractivity contribution is 5.97. The first-order chi connectivity index (χ1) is 7.77. The number of anilines is 2. The maximum absolute atomic E-state index is 11.1. The first-order valence-corrected chi connectivity index (χ1v) is 4.41. The monoisotopic (exact) mass is 216 g/mol. The van der Waals surface area contributed by atoms with Gasteiger partial charge in [0.2, 0.25) is 5.95 Å². The Kier molecular flexibility index (Phi) is 2.68. The summed E-state index contributed by atoms with van der Waals surface area (Å²) in [6.07, 6.45) is 4.21. The number of primary amides is 1. The van der Waals surface area contributed by atoms with Gasteiger partial charge in [-0.2, -0.15) is 0 Å². The number of amides is 1. The highest BCUT2D eigenvalue weighted by atomic mass is 16.1. The Balaban J connectivity index is 2.31. The standard InChI is InChI=1S/C9H8N6O/c10-7(16)6-2-1-3-12-8(6)15-9-13-4-11-5-14-9/h1-5H,(H2,10,16)(H,11,12,13,14,15). The van der Waals surface area contributed by atoms with Gasteiger partial charge in [-0.3, -0.25) is 4.79 Å². The van der Waals surface area contributed by atoms with E-state index in [0.717, 1.165) is 0 Å². The number of hydrogen-bond donors (Lipinski definition) is 2. The number of hydrogen-bond acceptors (Lipinski definition) is 6. The number of pyridine rings is 1. The molecule has 3 N–H and O–H groups in total. The molecule has 2 rings (SSSR count). The van der Waals surface area contributed by atoms with Gasteiger partial charge in [-0.1, -0.05) is 0 Å². The molecule has 0 bridgehead atoms. The normalized spacial score (nSPS) is 9.75. The summed E-state index contributed by atoms with van der Waals surface area (Å²) in [4.78, 5) is 26.5. The number of carbonyl (C=O) groups excluding carboxylic acids is 1. The van der Waals surface area contributed by atoms with Gasteiger partial charge in [0.25, 0.3) is 5.91 Å². The van der Waals surface area contributed by atoms with Crippen LogP contribution in [0.25, 0.3) is 0 Å². The lowest BCUT2D eigenvalue weighted by atomic mass is 10.2. The lowest BCUT2D eigenvalue weighted by Crippen LogP contribution is -2.14. The predicted molar refractivity (Wildman–Crippen MR) is 55.9 cm³/mol. The molecule has 1 amide bonds. The van der Waals surface area contributed by atoms with Crippen molar-refractivity contribution in [2.75, 3.05) is 5.32 Å². The summed E-state index contributed by atoms with van der Waals surface area (Å²) in [7, 11) is 0. The van der Waals surface area contributed by atoms with Crippen LogP contribution in [0.15, 0.2) is 31.0 Å². The Bertz CT molecular complexity index is 500. The van der Waals surface area contributed by atoms with Crippen LogP contribution in [0.4, 0.5) is 11.8 Å². The average molecular weight is 216 g/mol. The second kappa shape index (κ2) is 4.30. The van der Waals surface area contributed by atoms with E-state index in [0.29, 0.717) is 11.8 Å². The molecule has 0 atom stereocenters. The first-order valence-electron chi connectivity index (χ1n) is 4.41. The minimum atomic E-state index is -0.565. The van der Waals surface area contributed by atoms with Gasteiger partial charge in [-0.25, -0.2) is 19.9 Å². The first kappa shape index (κ1) is 9.97. The van der Waals surface area contributed by atoms with Crippen LogP contribution in [-0.2, 0) is 0 Å². The fourth-order valence-electron chi connectivity index (χ4n) is 1.11. The van der Waals surface area contributed by atoms with Crippen molar-refractivity contribution in [1.29, 1.82) is 0 Å². The summed E-state index contributed by atoms with van der Waals surface area (Å²) < 4.78 is 0. The fourth-order valence-corrected chi connectivity index (χ4v) is 1.11. The Morgan fingerprint density at radius 2 is 2.00 bits per heavy atom. The molecule has 7 nitrogen and oxygen atoms in total. The smallest absolute Gasteiger partial charge is 0.252 e.